The molecule has 0 aromatic heterocycles. The summed E-state index contributed by atoms with van der Waals surface area (Å²) in [7, 11) is 0. The maximum absolute atomic E-state index is 10.8. The third-order valence-electron chi connectivity index (χ3n) is 2.31. The van der Waals surface area contributed by atoms with Crippen LogP contribution < -0.4 is 11.1 Å². The number of nitrogens with two attached hydrogens (primary N) is 1. The Morgan fingerprint density at radius 3 is 2.35 bits per heavy atom. The van der Waals surface area contributed by atoms with Crippen molar-refractivity contribution in [3.8, 4) is 11.8 Å². The van der Waals surface area contributed by atoms with E-state index < -0.39 is 0 Å². The van der Waals surface area contributed by atoms with Crippen LogP contribution in [0.3, 0.4) is 0 Å². The fraction of sp³-hybridized carbons (Fsp3) is 0.357. The van der Waals surface area contributed by atoms with Crippen molar-refractivity contribution in [3.05, 3.63) is 29.8 Å². The third kappa shape index (κ3) is 4.71. The molecule has 0 saturated heterocycles. The van der Waals surface area contributed by atoms with Gasteiger partial charge in [0.25, 0.3) is 0 Å². The zero-order valence-corrected chi connectivity index (χ0v) is 10.4. The van der Waals surface area contributed by atoms with E-state index in [-0.39, 0.29) is 11.9 Å². The standard InChI is InChI=1S/C14H18N2O/c1-10(2)14(15)9-6-12-4-7-13(8-5-12)16-11(3)17/h4-5,7-8,10,14H,15H2,1-3H3,(H,16,17). The number of hydrogen-bond acceptors (Lipinski definition) is 2. The average molecular weight is 230 g/mol. The van der Waals surface area contributed by atoms with Gasteiger partial charge in [-0.15, -0.1) is 0 Å². The van der Waals surface area contributed by atoms with Crippen molar-refractivity contribution in [1.29, 1.82) is 0 Å². The van der Waals surface area contributed by atoms with Crippen molar-refractivity contribution >= 4 is 11.6 Å². The van der Waals surface area contributed by atoms with Crippen molar-refractivity contribution in [2.45, 2.75) is 26.8 Å². The van der Waals surface area contributed by atoms with E-state index in [0.29, 0.717) is 5.92 Å². The van der Waals surface area contributed by atoms with Crippen molar-refractivity contribution in [1.82, 2.24) is 0 Å². The Morgan fingerprint density at radius 1 is 1.29 bits per heavy atom. The van der Waals surface area contributed by atoms with Gasteiger partial charge in [0, 0.05) is 18.2 Å². The summed E-state index contributed by atoms with van der Waals surface area (Å²) in [4.78, 5) is 10.8. The first-order chi connectivity index (χ1) is 7.99. The quantitative estimate of drug-likeness (QED) is 0.763. The van der Waals surface area contributed by atoms with Crippen LogP contribution in [-0.4, -0.2) is 11.9 Å². The van der Waals surface area contributed by atoms with Crippen molar-refractivity contribution in [2.75, 3.05) is 5.32 Å². The summed E-state index contributed by atoms with van der Waals surface area (Å²) in [6.07, 6.45) is 0. The topological polar surface area (TPSA) is 55.1 Å². The van der Waals surface area contributed by atoms with Crippen molar-refractivity contribution in [3.63, 3.8) is 0 Å². The zero-order valence-electron chi connectivity index (χ0n) is 10.4. The van der Waals surface area contributed by atoms with Crippen molar-refractivity contribution < 1.29 is 4.79 Å². The third-order valence-corrected chi connectivity index (χ3v) is 2.31. The molecule has 3 N–H and O–H groups in total. The van der Waals surface area contributed by atoms with Gasteiger partial charge in [-0.3, -0.25) is 4.79 Å². The smallest absolute Gasteiger partial charge is 0.221 e. The molecule has 90 valence electrons. The Morgan fingerprint density at radius 2 is 1.88 bits per heavy atom. The highest BCUT2D eigenvalue weighted by molar-refractivity contribution is 5.88. The van der Waals surface area contributed by atoms with Gasteiger partial charge in [-0.2, -0.15) is 0 Å². The number of nitrogens with one attached hydrogen (secondary N) is 1. The summed E-state index contributed by atoms with van der Waals surface area (Å²) in [6.45, 7) is 5.56. The first kappa shape index (κ1) is 13.3. The van der Waals surface area contributed by atoms with Crippen LogP contribution in [0.15, 0.2) is 24.3 Å². The molecule has 0 aliphatic heterocycles. The molecule has 0 spiro atoms. The van der Waals surface area contributed by atoms with Gasteiger partial charge in [-0.1, -0.05) is 25.7 Å². The van der Waals surface area contributed by atoms with Crippen LogP contribution in [0.25, 0.3) is 0 Å². The van der Waals surface area contributed by atoms with E-state index in [1.54, 1.807) is 0 Å². The maximum Gasteiger partial charge on any atom is 0.221 e. The minimum Gasteiger partial charge on any atom is -0.326 e. The lowest BCUT2D eigenvalue weighted by molar-refractivity contribution is -0.114. The SMILES string of the molecule is CC(=O)Nc1ccc(C#CC(N)C(C)C)cc1. The molecule has 3 heteroatoms. The summed E-state index contributed by atoms with van der Waals surface area (Å²) in [6, 6.07) is 7.28. The molecule has 1 unspecified atom stereocenters. The highest BCUT2D eigenvalue weighted by atomic mass is 16.1. The second-order valence-corrected chi connectivity index (χ2v) is 4.30. The molecule has 3 nitrogen and oxygen atoms in total. The van der Waals surface area contributed by atoms with E-state index >= 15 is 0 Å². The Labute approximate surface area is 102 Å². The molecule has 1 rings (SSSR count). The van der Waals surface area contributed by atoms with E-state index in [9.17, 15) is 4.79 Å². The molecule has 0 aliphatic rings. The summed E-state index contributed by atoms with van der Waals surface area (Å²) in [5.74, 6) is 6.29. The Hall–Kier alpha value is -1.79. The summed E-state index contributed by atoms with van der Waals surface area (Å²) in [5.41, 5.74) is 7.50. The van der Waals surface area contributed by atoms with E-state index in [4.69, 9.17) is 5.73 Å². The molecule has 0 heterocycles. The van der Waals surface area contributed by atoms with Crippen LogP contribution in [0.4, 0.5) is 5.69 Å². The van der Waals surface area contributed by atoms with Crippen LogP contribution in [-0.2, 0) is 4.79 Å². The Balaban J connectivity index is 2.71. The predicted octanol–water partition coefficient (Wildman–Crippen LogP) is 1.98. The lowest BCUT2D eigenvalue weighted by atomic mass is 10.1. The molecule has 1 aromatic carbocycles. The molecule has 17 heavy (non-hydrogen) atoms. The molecular weight excluding hydrogens is 212 g/mol. The van der Waals surface area contributed by atoms with E-state index in [0.717, 1.165) is 11.3 Å². The van der Waals surface area contributed by atoms with Gasteiger partial charge in [-0.05, 0) is 30.2 Å². The average Bonchev–Trinajstić information content (AvgIpc) is 2.26. The lowest BCUT2D eigenvalue weighted by Crippen LogP contribution is -2.23. The molecule has 0 fully saturated rings. The van der Waals surface area contributed by atoms with Crippen LogP contribution in [0.2, 0.25) is 0 Å². The predicted molar refractivity (Wildman–Crippen MR) is 70.4 cm³/mol. The van der Waals surface area contributed by atoms with Crippen LogP contribution in [0.5, 0.6) is 0 Å². The number of carbonyl (C=O) groups excluding carboxylic acids is 1. The van der Waals surface area contributed by atoms with Gasteiger partial charge < -0.3 is 11.1 Å². The number of benzene rings is 1. The van der Waals surface area contributed by atoms with Crippen LogP contribution >= 0.6 is 0 Å². The highest BCUT2D eigenvalue weighted by Gasteiger charge is 2.01. The summed E-state index contributed by atoms with van der Waals surface area (Å²) >= 11 is 0. The first-order valence-corrected chi connectivity index (χ1v) is 5.64. The van der Waals surface area contributed by atoms with Gasteiger partial charge in [0.2, 0.25) is 5.91 Å². The molecule has 0 radical (unpaired) electrons. The second-order valence-electron chi connectivity index (χ2n) is 4.30. The summed E-state index contributed by atoms with van der Waals surface area (Å²) in [5, 5.41) is 2.70. The maximum atomic E-state index is 10.8. The normalized spacial score (nSPS) is 11.6. The molecule has 0 aliphatic carbocycles. The van der Waals surface area contributed by atoms with Gasteiger partial charge in [0.1, 0.15) is 0 Å². The fourth-order valence-corrected chi connectivity index (χ4v) is 1.17. The largest absolute Gasteiger partial charge is 0.326 e. The Bertz CT molecular complexity index is 438. The number of carbonyl (C=O) groups is 1. The molecule has 1 aromatic rings. The minimum atomic E-state index is -0.106. The summed E-state index contributed by atoms with van der Waals surface area (Å²) < 4.78 is 0. The van der Waals surface area contributed by atoms with Crippen LogP contribution in [0.1, 0.15) is 26.3 Å². The van der Waals surface area contributed by atoms with Crippen LogP contribution in [0, 0.1) is 17.8 Å². The Kier molecular flexibility index (Phi) is 4.74. The molecule has 1 amide bonds. The van der Waals surface area contributed by atoms with E-state index in [2.05, 4.69) is 17.2 Å². The lowest BCUT2D eigenvalue weighted by Gasteiger charge is -2.06. The highest BCUT2D eigenvalue weighted by Crippen LogP contribution is 2.08. The minimum absolute atomic E-state index is 0.0781. The van der Waals surface area contributed by atoms with Gasteiger partial charge in [0.15, 0.2) is 0 Å². The monoisotopic (exact) mass is 230 g/mol. The van der Waals surface area contributed by atoms with Gasteiger partial charge in [0.05, 0.1) is 6.04 Å². The number of rotatable bonds is 2. The molecule has 0 saturated carbocycles. The first-order valence-electron chi connectivity index (χ1n) is 5.64. The molecular formula is C14H18N2O. The number of anilines is 1. The number of amides is 1. The number of hydrogen-bond donors (Lipinski definition) is 2. The molecule has 0 bridgehead atoms. The fourth-order valence-electron chi connectivity index (χ4n) is 1.17. The molecule has 1 atom stereocenters. The second kappa shape index (κ2) is 6.07. The van der Waals surface area contributed by atoms with E-state index in [1.165, 1.54) is 6.92 Å². The van der Waals surface area contributed by atoms with Crippen molar-refractivity contribution in [2.24, 2.45) is 11.7 Å². The van der Waals surface area contributed by atoms with E-state index in [1.807, 2.05) is 38.1 Å². The zero-order chi connectivity index (χ0) is 12.8. The van der Waals surface area contributed by atoms with Gasteiger partial charge in [-0.25, -0.2) is 0 Å². The van der Waals surface area contributed by atoms with Gasteiger partial charge >= 0.3 is 0 Å².